The third kappa shape index (κ3) is 2.95. The molecule has 2 heterocycles. The van der Waals surface area contributed by atoms with Gasteiger partial charge in [0.15, 0.2) is 0 Å². The van der Waals surface area contributed by atoms with Gasteiger partial charge in [-0.2, -0.15) is 0 Å². The summed E-state index contributed by atoms with van der Waals surface area (Å²) in [7, 11) is 0. The van der Waals surface area contributed by atoms with Crippen LogP contribution in [-0.4, -0.2) is 21.8 Å². The zero-order valence-electron chi connectivity index (χ0n) is 11.7. The number of carbonyl (C=O) groups is 1. The third-order valence-corrected chi connectivity index (χ3v) is 3.11. The average molecular weight is 294 g/mol. The Morgan fingerprint density at radius 3 is 2.68 bits per heavy atom. The van der Waals surface area contributed by atoms with Crippen LogP contribution in [0.1, 0.15) is 0 Å². The highest BCUT2D eigenvalue weighted by Gasteiger charge is 2.06. The van der Waals surface area contributed by atoms with Crippen molar-refractivity contribution in [3.8, 4) is 0 Å². The lowest BCUT2D eigenvalue weighted by atomic mass is 10.3. The monoisotopic (exact) mass is 294 g/mol. The Hall–Kier alpha value is -3.15. The molecule has 0 aliphatic carbocycles. The number of benzene rings is 1. The van der Waals surface area contributed by atoms with E-state index in [1.165, 1.54) is 10.6 Å². The largest absolute Gasteiger partial charge is 0.370 e. The number of fused-ring (bicyclic) bond motifs is 1. The molecule has 3 aromatic rings. The molecule has 2 N–H and O–H groups in total. The van der Waals surface area contributed by atoms with Crippen molar-refractivity contribution in [1.29, 1.82) is 0 Å². The predicted octanol–water partition coefficient (Wildman–Crippen LogP) is 1.75. The van der Waals surface area contributed by atoms with Crippen molar-refractivity contribution in [2.45, 2.75) is 0 Å². The highest BCUT2D eigenvalue weighted by Crippen LogP contribution is 2.05. The van der Waals surface area contributed by atoms with Crippen molar-refractivity contribution in [2.75, 3.05) is 17.2 Å². The number of hydrogen-bond donors (Lipinski definition) is 2. The van der Waals surface area contributed by atoms with E-state index in [2.05, 4.69) is 15.6 Å². The fraction of sp³-hybridized carbons (Fsp3) is 0.0625. The summed E-state index contributed by atoms with van der Waals surface area (Å²) in [5.74, 6) is -0.233. The number of rotatable bonds is 4. The molecule has 0 radical (unpaired) electrons. The highest BCUT2D eigenvalue weighted by atomic mass is 16.2. The molecule has 0 spiro atoms. The molecule has 3 rings (SSSR count). The van der Waals surface area contributed by atoms with Crippen molar-refractivity contribution in [2.24, 2.45) is 0 Å². The van der Waals surface area contributed by atoms with Gasteiger partial charge in [0.05, 0.1) is 12.7 Å². The summed E-state index contributed by atoms with van der Waals surface area (Å²) < 4.78 is 1.43. The lowest BCUT2D eigenvalue weighted by Crippen LogP contribution is -2.26. The van der Waals surface area contributed by atoms with Gasteiger partial charge in [-0.1, -0.05) is 24.3 Å². The van der Waals surface area contributed by atoms with Gasteiger partial charge in [0.2, 0.25) is 5.91 Å². The summed E-state index contributed by atoms with van der Waals surface area (Å²) in [6, 6.07) is 14.4. The third-order valence-electron chi connectivity index (χ3n) is 3.11. The zero-order valence-corrected chi connectivity index (χ0v) is 11.7. The maximum Gasteiger partial charge on any atom is 0.281 e. The minimum atomic E-state index is -0.238. The van der Waals surface area contributed by atoms with Crippen LogP contribution in [0, 0.1) is 0 Å². The molecule has 6 heteroatoms. The Morgan fingerprint density at radius 2 is 1.86 bits per heavy atom. The molecular weight excluding hydrogens is 280 g/mol. The van der Waals surface area contributed by atoms with E-state index < -0.39 is 0 Å². The fourth-order valence-electron chi connectivity index (χ4n) is 2.05. The van der Waals surface area contributed by atoms with E-state index in [0.29, 0.717) is 11.3 Å². The van der Waals surface area contributed by atoms with E-state index in [-0.39, 0.29) is 23.7 Å². The van der Waals surface area contributed by atoms with Crippen LogP contribution < -0.4 is 16.2 Å². The van der Waals surface area contributed by atoms with Gasteiger partial charge in [-0.25, -0.2) is 4.98 Å². The number of nitrogens with one attached hydrogen (secondary N) is 2. The molecule has 6 nitrogen and oxygen atoms in total. The van der Waals surface area contributed by atoms with Gasteiger partial charge in [0.1, 0.15) is 11.3 Å². The molecule has 22 heavy (non-hydrogen) atoms. The molecule has 0 aliphatic heterocycles. The van der Waals surface area contributed by atoms with E-state index in [4.69, 9.17) is 0 Å². The maximum absolute atomic E-state index is 12.2. The van der Waals surface area contributed by atoms with Gasteiger partial charge in [-0.05, 0) is 24.3 Å². The first kappa shape index (κ1) is 13.8. The number of hydrogen-bond acceptors (Lipinski definition) is 4. The van der Waals surface area contributed by atoms with E-state index in [0.717, 1.165) is 0 Å². The molecule has 1 aromatic carbocycles. The molecule has 0 bridgehead atoms. The van der Waals surface area contributed by atoms with Gasteiger partial charge >= 0.3 is 0 Å². The molecule has 2 aromatic heterocycles. The SMILES string of the molecule is O=C(CNc1cnc2ccccn2c1=O)Nc1ccccc1. The number of amides is 1. The number of nitrogens with zero attached hydrogens (tertiary/aromatic N) is 2. The van der Waals surface area contributed by atoms with Crippen LogP contribution in [0.4, 0.5) is 11.4 Å². The lowest BCUT2D eigenvalue weighted by Gasteiger charge is -2.08. The Bertz CT molecular complexity index is 859. The molecule has 0 atom stereocenters. The van der Waals surface area contributed by atoms with Crippen LogP contribution in [0.3, 0.4) is 0 Å². The second-order valence-corrected chi connectivity index (χ2v) is 4.67. The summed E-state index contributed by atoms with van der Waals surface area (Å²) in [6.07, 6.45) is 3.08. The number of aromatic nitrogens is 2. The Labute approximate surface area is 126 Å². The minimum absolute atomic E-state index is 0.00921. The molecule has 110 valence electrons. The van der Waals surface area contributed by atoms with E-state index in [9.17, 15) is 9.59 Å². The molecule has 1 amide bonds. The Kier molecular flexibility index (Phi) is 3.82. The molecule has 0 saturated carbocycles. The number of carbonyl (C=O) groups excluding carboxylic acids is 1. The van der Waals surface area contributed by atoms with Crippen LogP contribution in [0.5, 0.6) is 0 Å². The maximum atomic E-state index is 12.2. The Balaban J connectivity index is 1.70. The Morgan fingerprint density at radius 1 is 1.09 bits per heavy atom. The molecule has 0 saturated heterocycles. The minimum Gasteiger partial charge on any atom is -0.370 e. The lowest BCUT2D eigenvalue weighted by molar-refractivity contribution is -0.114. The molecule has 0 aliphatic rings. The van der Waals surface area contributed by atoms with E-state index >= 15 is 0 Å². The number of anilines is 2. The van der Waals surface area contributed by atoms with Gasteiger partial charge in [-0.3, -0.25) is 14.0 Å². The van der Waals surface area contributed by atoms with Crippen LogP contribution in [-0.2, 0) is 4.79 Å². The van der Waals surface area contributed by atoms with Crippen molar-refractivity contribution in [1.82, 2.24) is 9.38 Å². The first-order chi connectivity index (χ1) is 10.7. The van der Waals surface area contributed by atoms with Gasteiger partial charge in [0, 0.05) is 11.9 Å². The van der Waals surface area contributed by atoms with Crippen LogP contribution in [0.25, 0.3) is 5.65 Å². The quantitative estimate of drug-likeness (QED) is 0.768. The second-order valence-electron chi connectivity index (χ2n) is 4.67. The first-order valence-corrected chi connectivity index (χ1v) is 6.79. The number of para-hydroxylation sites is 1. The van der Waals surface area contributed by atoms with E-state index in [1.807, 2.05) is 24.3 Å². The van der Waals surface area contributed by atoms with Crippen LogP contribution in [0.2, 0.25) is 0 Å². The van der Waals surface area contributed by atoms with Gasteiger partial charge in [0.25, 0.3) is 5.56 Å². The summed E-state index contributed by atoms with van der Waals surface area (Å²) in [5.41, 5.74) is 1.32. The molecule has 0 unspecified atom stereocenters. The standard InChI is InChI=1S/C16H14N4O2/c21-15(19-12-6-2-1-3-7-12)11-17-13-10-18-14-8-4-5-9-20(14)16(13)22/h1-10,17H,11H2,(H,19,21). The van der Waals surface area contributed by atoms with Gasteiger partial charge in [-0.15, -0.1) is 0 Å². The normalized spacial score (nSPS) is 10.4. The molecule has 0 fully saturated rings. The topological polar surface area (TPSA) is 75.5 Å². The summed E-state index contributed by atoms with van der Waals surface area (Å²) >= 11 is 0. The summed E-state index contributed by atoms with van der Waals surface area (Å²) in [5, 5.41) is 5.56. The van der Waals surface area contributed by atoms with Crippen molar-refractivity contribution in [3.05, 3.63) is 71.3 Å². The van der Waals surface area contributed by atoms with Crippen molar-refractivity contribution >= 4 is 22.9 Å². The zero-order chi connectivity index (χ0) is 15.4. The average Bonchev–Trinajstić information content (AvgIpc) is 2.55. The van der Waals surface area contributed by atoms with Crippen molar-refractivity contribution in [3.63, 3.8) is 0 Å². The highest BCUT2D eigenvalue weighted by molar-refractivity contribution is 5.93. The van der Waals surface area contributed by atoms with Crippen LogP contribution >= 0.6 is 0 Å². The fourth-order valence-corrected chi connectivity index (χ4v) is 2.05. The second kappa shape index (κ2) is 6.09. The predicted molar refractivity (Wildman–Crippen MR) is 85.0 cm³/mol. The van der Waals surface area contributed by atoms with E-state index in [1.54, 1.807) is 30.5 Å². The van der Waals surface area contributed by atoms with Crippen molar-refractivity contribution < 1.29 is 4.79 Å². The number of pyridine rings is 1. The smallest absolute Gasteiger partial charge is 0.281 e. The summed E-state index contributed by atoms with van der Waals surface area (Å²) in [6.45, 7) is -0.00921. The first-order valence-electron chi connectivity index (χ1n) is 6.79. The molecular formula is C16H14N4O2. The summed E-state index contributed by atoms with van der Waals surface area (Å²) in [4.78, 5) is 28.3. The van der Waals surface area contributed by atoms with Gasteiger partial charge < -0.3 is 10.6 Å². The van der Waals surface area contributed by atoms with Crippen LogP contribution in [0.15, 0.2) is 65.7 Å².